The van der Waals surface area contributed by atoms with Crippen LogP contribution in [-0.4, -0.2) is 10.8 Å². The van der Waals surface area contributed by atoms with E-state index in [-0.39, 0.29) is 29.6 Å². The fourth-order valence-electron chi connectivity index (χ4n) is 0.167. The molecule has 0 heterocycles. The molecule has 0 aliphatic rings. The van der Waals surface area contributed by atoms with Crippen molar-refractivity contribution in [3.63, 3.8) is 0 Å². The fourth-order valence-corrected chi connectivity index (χ4v) is 0.167. The number of halogens is 1. The van der Waals surface area contributed by atoms with Crippen LogP contribution in [0.3, 0.4) is 0 Å². The quantitative estimate of drug-likeness (QED) is 0.341. The van der Waals surface area contributed by atoms with Crippen LogP contribution < -0.4 is 34.7 Å². The normalized spacial score (nSPS) is 11.8. The summed E-state index contributed by atoms with van der Waals surface area (Å²) in [4.78, 5) is 9.29. The Labute approximate surface area is 79.1 Å². The van der Waals surface area contributed by atoms with E-state index < -0.39 is 10.8 Å². The third-order valence-corrected chi connectivity index (χ3v) is 1.64. The molecule has 8 heavy (non-hydrogen) atoms. The molecule has 0 radical (unpaired) electrons. The minimum atomic E-state index is -1.04. The van der Waals surface area contributed by atoms with Gasteiger partial charge in [-0.1, -0.05) is 22.9 Å². The molecule has 42 valence electrons. The zero-order valence-electron chi connectivity index (χ0n) is 4.98. The summed E-state index contributed by atoms with van der Waals surface area (Å²) in [7, 11) is 0. The SMILES string of the molecule is CC[C@H](Br)C(=O)[O-].[Na+]. The molecule has 0 aliphatic heterocycles. The molecule has 0 aromatic rings. The van der Waals surface area contributed by atoms with Crippen molar-refractivity contribution in [2.45, 2.75) is 18.2 Å². The third-order valence-electron chi connectivity index (χ3n) is 0.614. The molecule has 0 bridgehead atoms. The second-order valence-corrected chi connectivity index (χ2v) is 2.30. The van der Waals surface area contributed by atoms with Crippen molar-refractivity contribution < 1.29 is 39.5 Å². The average Bonchev–Trinajstić information content (AvgIpc) is 1.65. The van der Waals surface area contributed by atoms with Gasteiger partial charge in [-0.05, 0) is 6.42 Å². The number of carboxylic acid groups (broad SMARTS) is 1. The van der Waals surface area contributed by atoms with Crippen LogP contribution in [0.2, 0.25) is 0 Å². The summed E-state index contributed by atoms with van der Waals surface area (Å²) < 4.78 is 0. The Balaban J connectivity index is 0. The molecule has 0 aliphatic carbocycles. The number of rotatable bonds is 2. The number of carboxylic acids is 1. The first kappa shape index (κ1) is 11.7. The van der Waals surface area contributed by atoms with E-state index in [1.54, 1.807) is 6.92 Å². The largest absolute Gasteiger partial charge is 1.00 e. The Morgan fingerprint density at radius 3 is 2.25 bits per heavy atom. The summed E-state index contributed by atoms with van der Waals surface area (Å²) >= 11 is 2.88. The van der Waals surface area contributed by atoms with E-state index in [2.05, 4.69) is 15.9 Å². The van der Waals surface area contributed by atoms with Gasteiger partial charge >= 0.3 is 29.6 Å². The van der Waals surface area contributed by atoms with E-state index in [4.69, 9.17) is 0 Å². The van der Waals surface area contributed by atoms with Gasteiger partial charge in [-0.25, -0.2) is 0 Å². The van der Waals surface area contributed by atoms with E-state index in [9.17, 15) is 9.90 Å². The molecule has 4 heteroatoms. The zero-order valence-corrected chi connectivity index (χ0v) is 8.56. The maximum Gasteiger partial charge on any atom is 1.00 e. The van der Waals surface area contributed by atoms with Crippen molar-refractivity contribution in [3.8, 4) is 0 Å². The van der Waals surface area contributed by atoms with Crippen LogP contribution >= 0.6 is 15.9 Å². The second-order valence-electron chi connectivity index (χ2n) is 1.19. The summed E-state index contributed by atoms with van der Waals surface area (Å²) in [6.45, 7) is 1.77. The number of hydrogen-bond acceptors (Lipinski definition) is 2. The first-order chi connectivity index (χ1) is 3.18. The van der Waals surface area contributed by atoms with Gasteiger partial charge in [0.2, 0.25) is 0 Å². The van der Waals surface area contributed by atoms with Crippen LogP contribution in [0.5, 0.6) is 0 Å². The van der Waals surface area contributed by atoms with Crippen LogP contribution in [0.15, 0.2) is 0 Å². The Hall–Kier alpha value is 0.950. The van der Waals surface area contributed by atoms with E-state index in [0.29, 0.717) is 6.42 Å². The maximum atomic E-state index is 9.77. The van der Waals surface area contributed by atoms with Gasteiger partial charge in [0.1, 0.15) is 0 Å². The predicted octanol–water partition coefficient (Wildman–Crippen LogP) is -3.09. The molecular formula is C4H6BrNaO2. The average molecular weight is 189 g/mol. The van der Waals surface area contributed by atoms with E-state index >= 15 is 0 Å². The van der Waals surface area contributed by atoms with Crippen molar-refractivity contribution in [2.24, 2.45) is 0 Å². The maximum absolute atomic E-state index is 9.77. The van der Waals surface area contributed by atoms with Gasteiger partial charge in [-0.3, -0.25) is 0 Å². The molecule has 0 N–H and O–H groups in total. The standard InChI is InChI=1S/C4H7BrO2.Na/c1-2-3(5)4(6)7;/h3H,2H2,1H3,(H,6,7);/q;+1/p-1/t3-;/m0./s1. The Kier molecular flexibility index (Phi) is 8.89. The van der Waals surface area contributed by atoms with Crippen LogP contribution in [0.4, 0.5) is 0 Å². The Bertz CT molecular complexity index is 76.4. The molecule has 0 saturated heterocycles. The first-order valence-corrected chi connectivity index (χ1v) is 2.95. The summed E-state index contributed by atoms with van der Waals surface area (Å²) in [6, 6.07) is 0. The molecule has 0 rings (SSSR count). The first-order valence-electron chi connectivity index (χ1n) is 2.03. The smallest absolute Gasteiger partial charge is 0.549 e. The van der Waals surface area contributed by atoms with Gasteiger partial charge in [0.25, 0.3) is 0 Å². The topological polar surface area (TPSA) is 40.1 Å². The predicted molar refractivity (Wildman–Crippen MR) is 28.0 cm³/mol. The molecule has 0 amide bonds. The Morgan fingerprint density at radius 2 is 2.25 bits per heavy atom. The minimum Gasteiger partial charge on any atom is -0.549 e. The molecule has 0 aromatic carbocycles. The Morgan fingerprint density at radius 1 is 1.88 bits per heavy atom. The zero-order chi connectivity index (χ0) is 5.86. The van der Waals surface area contributed by atoms with Crippen molar-refractivity contribution in [3.05, 3.63) is 0 Å². The van der Waals surface area contributed by atoms with E-state index in [1.807, 2.05) is 0 Å². The molecule has 0 saturated carbocycles. The fraction of sp³-hybridized carbons (Fsp3) is 0.750. The number of aliphatic carboxylic acids is 1. The van der Waals surface area contributed by atoms with Crippen LogP contribution in [0.1, 0.15) is 13.3 Å². The molecule has 0 fully saturated rings. The number of alkyl halides is 1. The number of hydrogen-bond donors (Lipinski definition) is 0. The molecular weight excluding hydrogens is 183 g/mol. The van der Waals surface area contributed by atoms with E-state index in [0.717, 1.165) is 0 Å². The number of carbonyl (C=O) groups is 1. The van der Waals surface area contributed by atoms with Gasteiger partial charge in [0.05, 0.1) is 10.8 Å². The van der Waals surface area contributed by atoms with Crippen molar-refractivity contribution in [2.75, 3.05) is 0 Å². The molecule has 2 nitrogen and oxygen atoms in total. The molecule has 0 spiro atoms. The molecule has 0 unspecified atom stereocenters. The number of carbonyl (C=O) groups excluding carboxylic acids is 1. The van der Waals surface area contributed by atoms with Gasteiger partial charge in [-0.2, -0.15) is 0 Å². The van der Waals surface area contributed by atoms with Gasteiger partial charge in [-0.15, -0.1) is 0 Å². The van der Waals surface area contributed by atoms with Gasteiger partial charge in [0.15, 0.2) is 0 Å². The minimum absolute atomic E-state index is 0. The van der Waals surface area contributed by atoms with E-state index in [1.165, 1.54) is 0 Å². The van der Waals surface area contributed by atoms with Crippen LogP contribution in [0, 0.1) is 0 Å². The summed E-state index contributed by atoms with van der Waals surface area (Å²) in [5.74, 6) is -1.04. The van der Waals surface area contributed by atoms with Crippen molar-refractivity contribution in [1.82, 2.24) is 0 Å². The summed E-state index contributed by atoms with van der Waals surface area (Å²) in [6.07, 6.45) is 0.572. The van der Waals surface area contributed by atoms with Gasteiger partial charge < -0.3 is 9.90 Å². The van der Waals surface area contributed by atoms with Crippen molar-refractivity contribution >= 4 is 21.9 Å². The third kappa shape index (κ3) is 5.09. The van der Waals surface area contributed by atoms with Crippen molar-refractivity contribution in [1.29, 1.82) is 0 Å². The van der Waals surface area contributed by atoms with Crippen LogP contribution in [0.25, 0.3) is 0 Å². The van der Waals surface area contributed by atoms with Gasteiger partial charge in [0, 0.05) is 0 Å². The molecule has 0 aromatic heterocycles. The second kappa shape index (κ2) is 6.08. The summed E-state index contributed by atoms with van der Waals surface area (Å²) in [5.41, 5.74) is 0. The monoisotopic (exact) mass is 188 g/mol. The summed E-state index contributed by atoms with van der Waals surface area (Å²) in [5, 5.41) is 9.77. The molecule has 1 atom stereocenters. The van der Waals surface area contributed by atoms with Crippen LogP contribution in [-0.2, 0) is 4.79 Å².